The Bertz CT molecular complexity index is 268. The van der Waals surface area contributed by atoms with Crippen LogP contribution in [0.15, 0.2) is 0 Å². The summed E-state index contributed by atoms with van der Waals surface area (Å²) in [6.45, 7) is 9.94. The van der Waals surface area contributed by atoms with Crippen molar-refractivity contribution in [2.75, 3.05) is 13.1 Å². The molecule has 0 heterocycles. The van der Waals surface area contributed by atoms with Crippen LogP contribution in [-0.4, -0.2) is 24.5 Å². The van der Waals surface area contributed by atoms with Crippen molar-refractivity contribution in [1.82, 2.24) is 10.6 Å². The van der Waals surface area contributed by atoms with Gasteiger partial charge >= 0.3 is 0 Å². The van der Waals surface area contributed by atoms with Crippen LogP contribution in [-0.2, 0) is 4.79 Å². The van der Waals surface area contributed by atoms with Crippen molar-refractivity contribution in [2.45, 2.75) is 71.8 Å². The van der Waals surface area contributed by atoms with Gasteiger partial charge in [-0.25, -0.2) is 0 Å². The van der Waals surface area contributed by atoms with Crippen molar-refractivity contribution in [1.29, 1.82) is 0 Å². The largest absolute Gasteiger partial charge is 0.350 e. The molecule has 0 aromatic rings. The third-order valence-corrected chi connectivity index (χ3v) is 4.56. The van der Waals surface area contributed by atoms with Crippen LogP contribution in [0, 0.1) is 5.41 Å². The van der Waals surface area contributed by atoms with Gasteiger partial charge in [0.05, 0.1) is 6.54 Å². The van der Waals surface area contributed by atoms with Crippen LogP contribution in [0.25, 0.3) is 0 Å². The van der Waals surface area contributed by atoms with E-state index in [0.717, 1.165) is 13.0 Å². The van der Waals surface area contributed by atoms with Crippen molar-refractivity contribution >= 4 is 5.91 Å². The van der Waals surface area contributed by atoms with E-state index >= 15 is 0 Å². The number of hydrogen-bond donors (Lipinski definition) is 2. The fourth-order valence-corrected chi connectivity index (χ4v) is 2.73. The monoisotopic (exact) mass is 254 g/mol. The van der Waals surface area contributed by atoms with Gasteiger partial charge in [0.25, 0.3) is 0 Å². The standard InChI is InChI=1S/C15H30N2O/c1-5-14(3,4)17-13(18)11-16-12-15(6-2)9-7-8-10-15/h16H,5-12H2,1-4H3,(H,17,18). The first-order chi connectivity index (χ1) is 8.43. The highest BCUT2D eigenvalue weighted by molar-refractivity contribution is 5.78. The molecule has 0 radical (unpaired) electrons. The molecule has 0 bridgehead atoms. The molecule has 18 heavy (non-hydrogen) atoms. The lowest BCUT2D eigenvalue weighted by Crippen LogP contribution is -2.47. The van der Waals surface area contributed by atoms with Crippen molar-refractivity contribution < 1.29 is 4.79 Å². The van der Waals surface area contributed by atoms with Crippen LogP contribution >= 0.6 is 0 Å². The fraction of sp³-hybridized carbons (Fsp3) is 0.933. The molecule has 0 aromatic heterocycles. The van der Waals surface area contributed by atoms with Gasteiger partial charge in [0.1, 0.15) is 0 Å². The maximum absolute atomic E-state index is 11.8. The zero-order valence-electron chi connectivity index (χ0n) is 12.6. The Morgan fingerprint density at radius 3 is 2.33 bits per heavy atom. The van der Waals surface area contributed by atoms with Crippen LogP contribution in [0.2, 0.25) is 0 Å². The molecule has 1 aliphatic carbocycles. The molecule has 0 aromatic carbocycles. The molecule has 0 aliphatic heterocycles. The molecule has 1 rings (SSSR count). The Labute approximate surface area is 112 Å². The summed E-state index contributed by atoms with van der Waals surface area (Å²) in [5.41, 5.74) is 0.370. The summed E-state index contributed by atoms with van der Waals surface area (Å²) >= 11 is 0. The van der Waals surface area contributed by atoms with Crippen molar-refractivity contribution in [2.24, 2.45) is 5.41 Å². The van der Waals surface area contributed by atoms with Crippen molar-refractivity contribution in [3.63, 3.8) is 0 Å². The predicted octanol–water partition coefficient (Wildman–Crippen LogP) is 2.85. The highest BCUT2D eigenvalue weighted by Crippen LogP contribution is 2.40. The summed E-state index contributed by atoms with van der Waals surface area (Å²) in [6.07, 6.45) is 7.52. The Hall–Kier alpha value is -0.570. The van der Waals surface area contributed by atoms with Gasteiger partial charge in [-0.2, -0.15) is 0 Å². The van der Waals surface area contributed by atoms with E-state index in [2.05, 4.69) is 38.3 Å². The molecule has 0 saturated heterocycles. The van der Waals surface area contributed by atoms with Crippen LogP contribution in [0.4, 0.5) is 0 Å². The van der Waals surface area contributed by atoms with Crippen LogP contribution < -0.4 is 10.6 Å². The van der Waals surface area contributed by atoms with Gasteiger partial charge in [-0.15, -0.1) is 0 Å². The number of carbonyl (C=O) groups excluding carboxylic acids is 1. The molecular formula is C15H30N2O. The summed E-state index contributed by atoms with van der Waals surface area (Å²) in [4.78, 5) is 11.8. The molecule has 1 saturated carbocycles. The molecule has 0 atom stereocenters. The topological polar surface area (TPSA) is 41.1 Å². The second-order valence-electron chi connectivity index (χ2n) is 6.45. The average molecular weight is 254 g/mol. The summed E-state index contributed by atoms with van der Waals surface area (Å²) < 4.78 is 0. The fourth-order valence-electron chi connectivity index (χ4n) is 2.73. The minimum absolute atomic E-state index is 0.0887. The molecule has 2 N–H and O–H groups in total. The van der Waals surface area contributed by atoms with Gasteiger partial charge in [-0.3, -0.25) is 4.79 Å². The Morgan fingerprint density at radius 1 is 1.22 bits per heavy atom. The van der Waals surface area contributed by atoms with Crippen LogP contribution in [0.5, 0.6) is 0 Å². The quantitative estimate of drug-likeness (QED) is 0.733. The zero-order chi connectivity index (χ0) is 13.6. The highest BCUT2D eigenvalue weighted by Gasteiger charge is 2.31. The smallest absolute Gasteiger partial charge is 0.234 e. The van der Waals surface area contributed by atoms with Gasteiger partial charge in [0, 0.05) is 12.1 Å². The van der Waals surface area contributed by atoms with E-state index in [9.17, 15) is 4.79 Å². The van der Waals surface area contributed by atoms with E-state index in [4.69, 9.17) is 0 Å². The summed E-state index contributed by atoms with van der Waals surface area (Å²) in [5.74, 6) is 0.117. The maximum atomic E-state index is 11.8. The lowest BCUT2D eigenvalue weighted by Gasteiger charge is -2.28. The van der Waals surface area contributed by atoms with E-state index in [1.807, 2.05) is 0 Å². The lowest BCUT2D eigenvalue weighted by atomic mass is 9.83. The predicted molar refractivity (Wildman–Crippen MR) is 76.6 cm³/mol. The minimum atomic E-state index is -0.0887. The van der Waals surface area contributed by atoms with Crippen LogP contribution in [0.1, 0.15) is 66.2 Å². The van der Waals surface area contributed by atoms with Gasteiger partial charge < -0.3 is 10.6 Å². The Balaban J connectivity index is 2.27. The maximum Gasteiger partial charge on any atom is 0.234 e. The number of hydrogen-bond acceptors (Lipinski definition) is 2. The SMILES string of the molecule is CCC1(CNCC(=O)NC(C)(C)CC)CCCC1. The molecule has 3 nitrogen and oxygen atoms in total. The highest BCUT2D eigenvalue weighted by atomic mass is 16.2. The Kier molecular flexibility index (Phi) is 5.64. The van der Waals surface area contributed by atoms with E-state index in [-0.39, 0.29) is 11.4 Å². The van der Waals surface area contributed by atoms with Gasteiger partial charge in [0.2, 0.25) is 5.91 Å². The van der Waals surface area contributed by atoms with Crippen molar-refractivity contribution in [3.8, 4) is 0 Å². The molecule has 0 unspecified atom stereocenters. The zero-order valence-corrected chi connectivity index (χ0v) is 12.6. The van der Waals surface area contributed by atoms with Gasteiger partial charge in [0.15, 0.2) is 0 Å². The molecular weight excluding hydrogens is 224 g/mol. The number of nitrogens with one attached hydrogen (secondary N) is 2. The second-order valence-corrected chi connectivity index (χ2v) is 6.45. The number of amides is 1. The third kappa shape index (κ3) is 4.60. The first kappa shape index (κ1) is 15.5. The normalized spacial score (nSPS) is 18.9. The lowest BCUT2D eigenvalue weighted by molar-refractivity contribution is -0.121. The Morgan fingerprint density at radius 2 is 1.83 bits per heavy atom. The summed E-state index contributed by atoms with van der Waals surface area (Å²) in [7, 11) is 0. The second kappa shape index (κ2) is 6.55. The van der Waals surface area contributed by atoms with E-state index in [0.29, 0.717) is 12.0 Å². The molecule has 106 valence electrons. The third-order valence-electron chi connectivity index (χ3n) is 4.56. The van der Waals surface area contributed by atoms with E-state index < -0.39 is 0 Å². The van der Waals surface area contributed by atoms with Crippen molar-refractivity contribution in [3.05, 3.63) is 0 Å². The summed E-state index contributed by atoms with van der Waals surface area (Å²) in [5, 5.41) is 6.41. The van der Waals surface area contributed by atoms with E-state index in [1.165, 1.54) is 32.1 Å². The van der Waals surface area contributed by atoms with Gasteiger partial charge in [-0.05, 0) is 44.9 Å². The average Bonchev–Trinajstić information content (AvgIpc) is 2.78. The molecule has 3 heteroatoms. The molecule has 1 fully saturated rings. The number of rotatable bonds is 7. The number of carbonyl (C=O) groups is 1. The summed E-state index contributed by atoms with van der Waals surface area (Å²) in [6, 6.07) is 0. The molecule has 0 spiro atoms. The molecule has 1 aliphatic rings. The van der Waals surface area contributed by atoms with Gasteiger partial charge in [-0.1, -0.05) is 26.7 Å². The first-order valence-electron chi connectivity index (χ1n) is 7.45. The van der Waals surface area contributed by atoms with Crippen LogP contribution in [0.3, 0.4) is 0 Å². The molecule has 1 amide bonds. The van der Waals surface area contributed by atoms with E-state index in [1.54, 1.807) is 0 Å². The minimum Gasteiger partial charge on any atom is -0.350 e. The first-order valence-corrected chi connectivity index (χ1v) is 7.45.